The van der Waals surface area contributed by atoms with Gasteiger partial charge in [-0.2, -0.15) is 0 Å². The zero-order valence-electron chi connectivity index (χ0n) is 6.24. The van der Waals surface area contributed by atoms with Gasteiger partial charge in [-0.1, -0.05) is 0 Å². The van der Waals surface area contributed by atoms with Gasteiger partial charge in [0.2, 0.25) is 5.76 Å². The average molecular weight is 158 g/mol. The predicted octanol–water partition coefficient (Wildman–Crippen LogP) is 1.39. The SMILES string of the molecule is C#Cc1oc2ccncc2c1N. The van der Waals surface area contributed by atoms with Gasteiger partial charge in [-0.05, 0) is 12.0 Å². The number of hydrogen-bond donors (Lipinski definition) is 1. The third kappa shape index (κ3) is 0.753. The summed E-state index contributed by atoms with van der Waals surface area (Å²) in [7, 11) is 0. The molecule has 12 heavy (non-hydrogen) atoms. The van der Waals surface area contributed by atoms with Crippen LogP contribution in [-0.2, 0) is 0 Å². The summed E-state index contributed by atoms with van der Waals surface area (Å²) < 4.78 is 5.25. The van der Waals surface area contributed by atoms with Crippen molar-refractivity contribution in [3.63, 3.8) is 0 Å². The highest BCUT2D eigenvalue weighted by atomic mass is 16.3. The van der Waals surface area contributed by atoms with Crippen LogP contribution in [0.2, 0.25) is 0 Å². The summed E-state index contributed by atoms with van der Waals surface area (Å²) >= 11 is 0. The third-order valence-electron chi connectivity index (χ3n) is 1.66. The van der Waals surface area contributed by atoms with Crippen molar-refractivity contribution in [2.45, 2.75) is 0 Å². The van der Waals surface area contributed by atoms with Gasteiger partial charge in [0.15, 0.2) is 0 Å². The van der Waals surface area contributed by atoms with Crippen LogP contribution >= 0.6 is 0 Å². The number of terminal acetylenes is 1. The Balaban J connectivity index is 2.90. The number of anilines is 1. The molecule has 0 atom stereocenters. The van der Waals surface area contributed by atoms with Crippen LogP contribution in [0.5, 0.6) is 0 Å². The summed E-state index contributed by atoms with van der Waals surface area (Å²) in [6, 6.07) is 1.73. The van der Waals surface area contributed by atoms with Crippen LogP contribution in [0, 0.1) is 12.3 Å². The standard InChI is InChI=1S/C9H6N2O/c1-2-7-9(10)6-5-11-4-3-8(6)12-7/h1,3-5H,10H2. The fourth-order valence-electron chi connectivity index (χ4n) is 1.07. The van der Waals surface area contributed by atoms with E-state index in [4.69, 9.17) is 16.6 Å². The van der Waals surface area contributed by atoms with E-state index in [1.807, 2.05) is 0 Å². The van der Waals surface area contributed by atoms with Crippen molar-refractivity contribution in [1.29, 1.82) is 0 Å². The maximum Gasteiger partial charge on any atom is 0.200 e. The minimum Gasteiger partial charge on any atom is -0.445 e. The van der Waals surface area contributed by atoms with Crippen LogP contribution in [0.3, 0.4) is 0 Å². The average Bonchev–Trinajstić information content (AvgIpc) is 2.44. The molecule has 0 aliphatic carbocycles. The van der Waals surface area contributed by atoms with E-state index in [9.17, 15) is 0 Å². The molecule has 0 saturated heterocycles. The van der Waals surface area contributed by atoms with Crippen molar-refractivity contribution in [1.82, 2.24) is 4.98 Å². The lowest BCUT2D eigenvalue weighted by molar-refractivity contribution is 0.603. The van der Waals surface area contributed by atoms with E-state index in [0.717, 1.165) is 5.39 Å². The monoisotopic (exact) mass is 158 g/mol. The zero-order valence-corrected chi connectivity index (χ0v) is 6.24. The number of furan rings is 1. The fraction of sp³-hybridized carbons (Fsp3) is 0. The van der Waals surface area contributed by atoms with Gasteiger partial charge < -0.3 is 10.2 Å². The first-order chi connectivity index (χ1) is 5.83. The van der Waals surface area contributed by atoms with Gasteiger partial charge in [-0.25, -0.2) is 0 Å². The zero-order chi connectivity index (χ0) is 8.55. The normalized spacial score (nSPS) is 9.92. The first-order valence-corrected chi connectivity index (χ1v) is 3.41. The lowest BCUT2D eigenvalue weighted by Crippen LogP contribution is -1.84. The Hall–Kier alpha value is -1.95. The van der Waals surface area contributed by atoms with E-state index in [2.05, 4.69) is 10.9 Å². The maximum atomic E-state index is 5.67. The highest BCUT2D eigenvalue weighted by Gasteiger charge is 2.07. The second kappa shape index (κ2) is 2.28. The Morgan fingerprint density at radius 1 is 1.58 bits per heavy atom. The number of pyridine rings is 1. The Morgan fingerprint density at radius 3 is 3.08 bits per heavy atom. The largest absolute Gasteiger partial charge is 0.445 e. The molecule has 0 bridgehead atoms. The van der Waals surface area contributed by atoms with Crippen LogP contribution in [0.25, 0.3) is 11.0 Å². The van der Waals surface area contributed by atoms with Crippen LogP contribution in [0.1, 0.15) is 5.76 Å². The highest BCUT2D eigenvalue weighted by Crippen LogP contribution is 2.25. The van der Waals surface area contributed by atoms with Crippen LogP contribution in [0.15, 0.2) is 22.9 Å². The van der Waals surface area contributed by atoms with E-state index < -0.39 is 0 Å². The summed E-state index contributed by atoms with van der Waals surface area (Å²) in [5.74, 6) is 2.74. The number of nitrogen functional groups attached to an aromatic ring is 1. The molecule has 0 amide bonds. The molecule has 0 aromatic carbocycles. The molecule has 0 aliphatic heterocycles. The molecule has 3 heteroatoms. The number of aromatic nitrogens is 1. The third-order valence-corrected chi connectivity index (χ3v) is 1.66. The fourth-order valence-corrected chi connectivity index (χ4v) is 1.07. The van der Waals surface area contributed by atoms with Crippen molar-refractivity contribution in [2.75, 3.05) is 5.73 Å². The van der Waals surface area contributed by atoms with Crippen LogP contribution in [0.4, 0.5) is 5.69 Å². The molecule has 2 aromatic rings. The molecule has 2 heterocycles. The first kappa shape index (κ1) is 6.74. The number of fused-ring (bicyclic) bond motifs is 1. The maximum absolute atomic E-state index is 5.67. The van der Waals surface area contributed by atoms with Gasteiger partial charge >= 0.3 is 0 Å². The summed E-state index contributed by atoms with van der Waals surface area (Å²) in [5, 5.41) is 0.769. The van der Waals surface area contributed by atoms with Crippen molar-refractivity contribution >= 4 is 16.7 Å². The van der Waals surface area contributed by atoms with E-state index in [-0.39, 0.29) is 0 Å². The molecule has 0 radical (unpaired) electrons. The summed E-state index contributed by atoms with van der Waals surface area (Å²) in [6.07, 6.45) is 8.43. The van der Waals surface area contributed by atoms with Gasteiger partial charge in [0, 0.05) is 12.4 Å². The molecule has 2 aromatic heterocycles. The van der Waals surface area contributed by atoms with Gasteiger partial charge in [0.05, 0.1) is 11.1 Å². The number of nitrogens with zero attached hydrogens (tertiary/aromatic N) is 1. The predicted molar refractivity (Wildman–Crippen MR) is 46.4 cm³/mol. The lowest BCUT2D eigenvalue weighted by Gasteiger charge is -1.84. The molecule has 0 spiro atoms. The minimum atomic E-state index is 0.373. The molecule has 2 rings (SSSR count). The van der Waals surface area contributed by atoms with Crippen LogP contribution in [-0.4, -0.2) is 4.98 Å². The van der Waals surface area contributed by atoms with Gasteiger partial charge in [-0.15, -0.1) is 6.42 Å². The molecule has 3 nitrogen and oxygen atoms in total. The summed E-state index contributed by atoms with van der Waals surface area (Å²) in [5.41, 5.74) is 6.84. The van der Waals surface area contributed by atoms with E-state index >= 15 is 0 Å². The van der Waals surface area contributed by atoms with E-state index in [1.165, 1.54) is 0 Å². The molecule has 0 fully saturated rings. The Morgan fingerprint density at radius 2 is 2.42 bits per heavy atom. The Bertz CT molecular complexity index is 465. The van der Waals surface area contributed by atoms with Gasteiger partial charge in [-0.3, -0.25) is 4.98 Å². The Labute approximate surface area is 69.2 Å². The molecular weight excluding hydrogens is 152 g/mol. The summed E-state index contributed by atoms with van der Waals surface area (Å²) in [4.78, 5) is 3.91. The Kier molecular flexibility index (Phi) is 1.28. The first-order valence-electron chi connectivity index (χ1n) is 3.41. The van der Waals surface area contributed by atoms with E-state index in [0.29, 0.717) is 17.0 Å². The molecule has 58 valence electrons. The molecule has 2 N–H and O–H groups in total. The van der Waals surface area contributed by atoms with Crippen molar-refractivity contribution < 1.29 is 4.42 Å². The van der Waals surface area contributed by atoms with Crippen molar-refractivity contribution in [2.24, 2.45) is 0 Å². The number of hydrogen-bond acceptors (Lipinski definition) is 3. The molecule has 0 unspecified atom stereocenters. The number of rotatable bonds is 0. The molecule has 0 aliphatic rings. The van der Waals surface area contributed by atoms with Crippen molar-refractivity contribution in [3.8, 4) is 12.3 Å². The molecule has 0 saturated carbocycles. The van der Waals surface area contributed by atoms with Gasteiger partial charge in [0.25, 0.3) is 0 Å². The summed E-state index contributed by atoms with van der Waals surface area (Å²) in [6.45, 7) is 0. The smallest absolute Gasteiger partial charge is 0.200 e. The quantitative estimate of drug-likeness (QED) is 0.589. The van der Waals surface area contributed by atoms with Gasteiger partial charge in [0.1, 0.15) is 5.58 Å². The minimum absolute atomic E-state index is 0.373. The second-order valence-electron chi connectivity index (χ2n) is 2.36. The topological polar surface area (TPSA) is 52.0 Å². The lowest BCUT2D eigenvalue weighted by atomic mass is 10.3. The van der Waals surface area contributed by atoms with Crippen LogP contribution < -0.4 is 5.73 Å². The van der Waals surface area contributed by atoms with E-state index in [1.54, 1.807) is 18.5 Å². The second-order valence-corrected chi connectivity index (χ2v) is 2.36. The van der Waals surface area contributed by atoms with Crippen molar-refractivity contribution in [3.05, 3.63) is 24.2 Å². The number of nitrogens with two attached hydrogens (primary N) is 1. The highest BCUT2D eigenvalue weighted by molar-refractivity contribution is 5.91. The molecular formula is C9H6N2O.